The summed E-state index contributed by atoms with van der Waals surface area (Å²) in [5.74, 6) is 0.212. The van der Waals surface area contributed by atoms with E-state index in [0.717, 1.165) is 19.6 Å². The molecule has 0 atom stereocenters. The van der Waals surface area contributed by atoms with Gasteiger partial charge in [-0.15, -0.1) is 0 Å². The molecule has 6 nitrogen and oxygen atoms in total. The Morgan fingerprint density at radius 3 is 2.90 bits per heavy atom. The summed E-state index contributed by atoms with van der Waals surface area (Å²) in [5.41, 5.74) is 0.233. The maximum Gasteiger partial charge on any atom is 0.360 e. The first-order chi connectivity index (χ1) is 9.60. The largest absolute Gasteiger partial charge is 0.461 e. The van der Waals surface area contributed by atoms with Gasteiger partial charge in [0.2, 0.25) is 0 Å². The van der Waals surface area contributed by atoms with Crippen molar-refractivity contribution in [3.05, 3.63) is 12.0 Å². The number of aromatic nitrogens is 1. The van der Waals surface area contributed by atoms with Crippen molar-refractivity contribution in [3.8, 4) is 0 Å². The van der Waals surface area contributed by atoms with Crippen molar-refractivity contribution in [1.82, 2.24) is 9.88 Å². The van der Waals surface area contributed by atoms with Gasteiger partial charge in [-0.25, -0.2) is 4.79 Å². The molecule has 0 aliphatic carbocycles. The number of carbonyl (C=O) groups is 1. The molecule has 0 aromatic carbocycles. The first-order valence-corrected chi connectivity index (χ1v) is 7.12. The molecule has 2 rings (SSSR count). The topological polar surface area (TPSA) is 58.8 Å². The lowest BCUT2D eigenvalue weighted by atomic mass is 9.97. The third-order valence-electron chi connectivity index (χ3n) is 3.67. The molecule has 0 saturated carbocycles. The van der Waals surface area contributed by atoms with Gasteiger partial charge in [-0.2, -0.15) is 4.98 Å². The molecule has 1 aliphatic heterocycles. The van der Waals surface area contributed by atoms with Crippen molar-refractivity contribution in [2.75, 3.05) is 45.2 Å². The fourth-order valence-corrected chi connectivity index (χ4v) is 2.45. The Kier molecular flexibility index (Phi) is 5.00. The number of hydrogen-bond acceptors (Lipinski definition) is 6. The monoisotopic (exact) mass is 281 g/mol. The number of carbonyl (C=O) groups excluding carboxylic acids is 1. The Balaban J connectivity index is 1.89. The van der Waals surface area contributed by atoms with Gasteiger partial charge in [-0.05, 0) is 45.8 Å². The smallest absolute Gasteiger partial charge is 0.360 e. The number of esters is 1. The number of hydrogen-bond donors (Lipinski definition) is 0. The van der Waals surface area contributed by atoms with Crippen LogP contribution in [0.4, 0.5) is 6.01 Å². The normalized spacial score (nSPS) is 17.1. The molecule has 1 fully saturated rings. The van der Waals surface area contributed by atoms with Crippen LogP contribution in [0.5, 0.6) is 0 Å². The molecule has 1 aromatic rings. The number of nitrogens with zero attached hydrogens (tertiary/aromatic N) is 3. The van der Waals surface area contributed by atoms with Crippen molar-refractivity contribution in [2.45, 2.75) is 19.8 Å². The van der Waals surface area contributed by atoms with Gasteiger partial charge in [0.25, 0.3) is 6.01 Å². The highest BCUT2D eigenvalue weighted by atomic mass is 16.5. The van der Waals surface area contributed by atoms with Crippen molar-refractivity contribution in [2.24, 2.45) is 5.92 Å². The fourth-order valence-electron chi connectivity index (χ4n) is 2.45. The molecule has 0 N–H and O–H groups in total. The third-order valence-corrected chi connectivity index (χ3v) is 3.67. The zero-order valence-electron chi connectivity index (χ0n) is 12.5. The van der Waals surface area contributed by atoms with Crippen LogP contribution in [0.15, 0.2) is 10.7 Å². The molecule has 0 unspecified atom stereocenters. The van der Waals surface area contributed by atoms with E-state index in [1.54, 1.807) is 6.92 Å². The number of rotatable bonds is 5. The van der Waals surface area contributed by atoms with Crippen LogP contribution in [-0.2, 0) is 4.74 Å². The van der Waals surface area contributed by atoms with Crippen LogP contribution in [0.3, 0.4) is 0 Å². The van der Waals surface area contributed by atoms with Gasteiger partial charge in [-0.1, -0.05) is 0 Å². The molecule has 0 radical (unpaired) electrons. The van der Waals surface area contributed by atoms with E-state index in [2.05, 4.69) is 16.9 Å². The van der Waals surface area contributed by atoms with Crippen molar-refractivity contribution in [3.63, 3.8) is 0 Å². The first kappa shape index (κ1) is 14.8. The van der Waals surface area contributed by atoms with Crippen LogP contribution in [0.2, 0.25) is 0 Å². The van der Waals surface area contributed by atoms with E-state index in [0.29, 0.717) is 18.5 Å². The molecular weight excluding hydrogens is 258 g/mol. The summed E-state index contributed by atoms with van der Waals surface area (Å²) in [6, 6.07) is 0.479. The SMILES string of the molecule is CCOC(=O)c1coc(N(C)CC2CCN(C)CC2)n1. The highest BCUT2D eigenvalue weighted by Crippen LogP contribution is 2.20. The summed E-state index contributed by atoms with van der Waals surface area (Å²) >= 11 is 0. The average Bonchev–Trinajstić information content (AvgIpc) is 2.91. The summed E-state index contributed by atoms with van der Waals surface area (Å²) in [6.07, 6.45) is 3.73. The van der Waals surface area contributed by atoms with Crippen LogP contribution >= 0.6 is 0 Å². The molecule has 2 heterocycles. The van der Waals surface area contributed by atoms with E-state index >= 15 is 0 Å². The molecule has 112 valence electrons. The molecule has 0 bridgehead atoms. The standard InChI is InChI=1S/C14H23N3O3/c1-4-19-13(18)12-10-20-14(15-12)17(3)9-11-5-7-16(2)8-6-11/h10-11H,4-9H2,1-3H3. The van der Waals surface area contributed by atoms with E-state index in [-0.39, 0.29) is 5.69 Å². The summed E-state index contributed by atoms with van der Waals surface area (Å²) < 4.78 is 10.3. The van der Waals surface area contributed by atoms with Gasteiger partial charge in [-0.3, -0.25) is 0 Å². The predicted octanol–water partition coefficient (Wildman–Crippen LogP) is 1.63. The molecule has 20 heavy (non-hydrogen) atoms. The first-order valence-electron chi connectivity index (χ1n) is 7.12. The second kappa shape index (κ2) is 6.74. The maximum atomic E-state index is 11.5. The highest BCUT2D eigenvalue weighted by molar-refractivity contribution is 5.87. The molecule has 1 aromatic heterocycles. The van der Waals surface area contributed by atoms with E-state index in [1.165, 1.54) is 19.1 Å². The van der Waals surface area contributed by atoms with Crippen molar-refractivity contribution < 1.29 is 13.9 Å². The van der Waals surface area contributed by atoms with Gasteiger partial charge in [0, 0.05) is 13.6 Å². The Bertz CT molecular complexity index is 439. The average molecular weight is 281 g/mol. The quantitative estimate of drug-likeness (QED) is 0.765. The van der Waals surface area contributed by atoms with Gasteiger partial charge in [0.1, 0.15) is 6.26 Å². The number of likely N-dealkylation sites (tertiary alicyclic amines) is 1. The Labute approximate surface area is 119 Å². The summed E-state index contributed by atoms with van der Waals surface area (Å²) in [5, 5.41) is 0. The predicted molar refractivity (Wildman–Crippen MR) is 76.0 cm³/mol. The zero-order chi connectivity index (χ0) is 14.5. The minimum absolute atomic E-state index is 0.233. The maximum absolute atomic E-state index is 11.5. The van der Waals surface area contributed by atoms with Gasteiger partial charge in [0.15, 0.2) is 5.69 Å². The molecular formula is C14H23N3O3. The minimum Gasteiger partial charge on any atom is -0.461 e. The van der Waals surface area contributed by atoms with Gasteiger partial charge < -0.3 is 19.0 Å². The van der Waals surface area contributed by atoms with E-state index < -0.39 is 5.97 Å². The van der Waals surface area contributed by atoms with Crippen LogP contribution < -0.4 is 4.90 Å². The Morgan fingerprint density at radius 2 is 2.25 bits per heavy atom. The lowest BCUT2D eigenvalue weighted by molar-refractivity contribution is 0.0519. The molecule has 0 amide bonds. The summed E-state index contributed by atoms with van der Waals surface area (Å²) in [4.78, 5) is 20.0. The highest BCUT2D eigenvalue weighted by Gasteiger charge is 2.21. The molecule has 6 heteroatoms. The zero-order valence-corrected chi connectivity index (χ0v) is 12.5. The van der Waals surface area contributed by atoms with E-state index in [4.69, 9.17) is 9.15 Å². The van der Waals surface area contributed by atoms with Gasteiger partial charge >= 0.3 is 5.97 Å². The number of anilines is 1. The lowest BCUT2D eigenvalue weighted by Gasteiger charge is -2.31. The van der Waals surface area contributed by atoms with Crippen LogP contribution in [0.25, 0.3) is 0 Å². The van der Waals surface area contributed by atoms with Crippen molar-refractivity contribution >= 4 is 12.0 Å². The van der Waals surface area contributed by atoms with Crippen LogP contribution in [-0.4, -0.2) is 56.2 Å². The van der Waals surface area contributed by atoms with E-state index in [1.807, 2.05) is 11.9 Å². The third kappa shape index (κ3) is 3.72. The Morgan fingerprint density at radius 1 is 1.55 bits per heavy atom. The van der Waals surface area contributed by atoms with Crippen LogP contribution in [0.1, 0.15) is 30.3 Å². The van der Waals surface area contributed by atoms with Crippen molar-refractivity contribution in [1.29, 1.82) is 0 Å². The van der Waals surface area contributed by atoms with Gasteiger partial charge in [0.05, 0.1) is 6.61 Å². The Hall–Kier alpha value is -1.56. The molecule has 1 saturated heterocycles. The second-order valence-corrected chi connectivity index (χ2v) is 5.36. The summed E-state index contributed by atoms with van der Waals surface area (Å²) in [7, 11) is 4.10. The second-order valence-electron chi connectivity index (χ2n) is 5.36. The van der Waals surface area contributed by atoms with E-state index in [9.17, 15) is 4.79 Å². The number of ether oxygens (including phenoxy) is 1. The minimum atomic E-state index is -0.435. The lowest BCUT2D eigenvalue weighted by Crippen LogP contribution is -2.35. The molecule has 1 aliphatic rings. The fraction of sp³-hybridized carbons (Fsp3) is 0.714. The number of oxazole rings is 1. The van der Waals surface area contributed by atoms with Crippen LogP contribution in [0, 0.1) is 5.92 Å². The summed E-state index contributed by atoms with van der Waals surface area (Å²) in [6.45, 7) is 5.28. The molecule has 0 spiro atoms. The number of piperidine rings is 1.